The first-order valence-corrected chi connectivity index (χ1v) is 4.69. The summed E-state index contributed by atoms with van der Waals surface area (Å²) in [5, 5.41) is 27.5. The zero-order valence-corrected chi connectivity index (χ0v) is 8.73. The zero-order valence-electron chi connectivity index (χ0n) is 8.73. The predicted octanol–water partition coefficient (Wildman–Crippen LogP) is 1.08. The lowest BCUT2D eigenvalue weighted by Crippen LogP contribution is -2.07. The van der Waals surface area contributed by atoms with Crippen molar-refractivity contribution in [2.45, 2.75) is 13.3 Å². The number of carbonyl (C=O) groups is 1. The second-order valence-electron chi connectivity index (χ2n) is 3.06. The van der Waals surface area contributed by atoms with E-state index in [1.54, 1.807) is 13.0 Å². The molecule has 16 heavy (non-hydrogen) atoms. The average molecular weight is 221 g/mol. The maximum Gasteiger partial charge on any atom is 0.310 e. The van der Waals surface area contributed by atoms with E-state index in [0.29, 0.717) is 0 Å². The Morgan fingerprint density at radius 2 is 2.12 bits per heavy atom. The van der Waals surface area contributed by atoms with Gasteiger partial charge in [0, 0.05) is 5.56 Å². The van der Waals surface area contributed by atoms with Crippen LogP contribution in [-0.2, 0) is 16.0 Å². The molecule has 5 nitrogen and oxygen atoms in total. The third-order valence-electron chi connectivity index (χ3n) is 2.00. The molecule has 0 fully saturated rings. The van der Waals surface area contributed by atoms with Crippen LogP contribution in [0.15, 0.2) is 12.1 Å². The van der Waals surface area contributed by atoms with Gasteiger partial charge in [-0.2, -0.15) is 5.26 Å². The van der Waals surface area contributed by atoms with Crippen LogP contribution in [0.4, 0.5) is 0 Å². The molecule has 0 atom stereocenters. The number of esters is 1. The number of benzene rings is 1. The normalized spacial score (nSPS) is 9.50. The molecule has 0 aliphatic carbocycles. The first-order valence-electron chi connectivity index (χ1n) is 4.69. The predicted molar refractivity (Wildman–Crippen MR) is 54.8 cm³/mol. The summed E-state index contributed by atoms with van der Waals surface area (Å²) >= 11 is 0. The Morgan fingerprint density at radius 3 is 2.69 bits per heavy atom. The highest BCUT2D eigenvalue weighted by molar-refractivity contribution is 5.74. The highest BCUT2D eigenvalue weighted by Gasteiger charge is 2.14. The summed E-state index contributed by atoms with van der Waals surface area (Å²) < 4.78 is 4.70. The minimum atomic E-state index is -0.510. The topological polar surface area (TPSA) is 90.6 Å². The van der Waals surface area contributed by atoms with Crippen LogP contribution in [0.1, 0.15) is 18.1 Å². The number of nitriles is 1. The molecule has 0 unspecified atom stereocenters. The minimum absolute atomic E-state index is 0.0369. The molecule has 0 saturated heterocycles. The third-order valence-corrected chi connectivity index (χ3v) is 2.00. The van der Waals surface area contributed by atoms with Crippen LogP contribution in [0.25, 0.3) is 0 Å². The number of rotatable bonds is 3. The van der Waals surface area contributed by atoms with Crippen molar-refractivity contribution in [2.75, 3.05) is 6.61 Å². The summed E-state index contributed by atoms with van der Waals surface area (Å²) in [5.74, 6) is -1.46. The van der Waals surface area contributed by atoms with Crippen LogP contribution >= 0.6 is 0 Å². The van der Waals surface area contributed by atoms with Crippen molar-refractivity contribution >= 4 is 5.97 Å². The van der Waals surface area contributed by atoms with E-state index in [9.17, 15) is 15.0 Å². The van der Waals surface area contributed by atoms with Crippen molar-refractivity contribution in [1.82, 2.24) is 0 Å². The molecule has 0 radical (unpaired) electrons. The summed E-state index contributed by atoms with van der Waals surface area (Å²) in [5.41, 5.74) is 0.194. The molecule has 0 spiro atoms. The zero-order chi connectivity index (χ0) is 12.1. The SMILES string of the molecule is CCOC(=O)Cc1ccc(C#N)c(O)c1O. The Hall–Kier alpha value is -2.22. The summed E-state index contributed by atoms with van der Waals surface area (Å²) in [4.78, 5) is 11.2. The molecule has 0 aliphatic heterocycles. The highest BCUT2D eigenvalue weighted by atomic mass is 16.5. The van der Waals surface area contributed by atoms with Gasteiger partial charge in [-0.1, -0.05) is 6.07 Å². The number of nitrogens with zero attached hydrogens (tertiary/aromatic N) is 1. The van der Waals surface area contributed by atoms with Crippen molar-refractivity contribution in [1.29, 1.82) is 5.26 Å². The standard InChI is InChI=1S/C11H11NO4/c1-2-16-9(13)5-7-3-4-8(6-12)11(15)10(7)14/h3-4,14-15H,2,5H2,1H3. The molecule has 1 rings (SSSR count). The molecule has 0 bridgehead atoms. The van der Waals surface area contributed by atoms with Gasteiger partial charge in [-0.15, -0.1) is 0 Å². The van der Waals surface area contributed by atoms with Crippen LogP contribution in [0.5, 0.6) is 11.5 Å². The monoisotopic (exact) mass is 221 g/mol. The van der Waals surface area contributed by atoms with E-state index in [2.05, 4.69) is 0 Å². The molecule has 0 heterocycles. The van der Waals surface area contributed by atoms with Gasteiger partial charge in [0.25, 0.3) is 0 Å². The van der Waals surface area contributed by atoms with Gasteiger partial charge >= 0.3 is 5.97 Å². The maximum absolute atomic E-state index is 11.2. The second kappa shape index (κ2) is 5.03. The molecule has 5 heteroatoms. The lowest BCUT2D eigenvalue weighted by atomic mass is 10.1. The quantitative estimate of drug-likeness (QED) is 0.588. The van der Waals surface area contributed by atoms with Gasteiger partial charge in [-0.3, -0.25) is 4.79 Å². The Labute approximate surface area is 92.5 Å². The number of ether oxygens (including phenoxy) is 1. The Bertz CT molecular complexity index is 448. The van der Waals surface area contributed by atoms with Gasteiger partial charge in [0.05, 0.1) is 18.6 Å². The second-order valence-corrected chi connectivity index (χ2v) is 3.06. The first kappa shape index (κ1) is 11.9. The summed E-state index contributed by atoms with van der Waals surface area (Å²) in [6.45, 7) is 1.93. The Morgan fingerprint density at radius 1 is 1.44 bits per heavy atom. The fourth-order valence-corrected chi connectivity index (χ4v) is 1.22. The Balaban J connectivity index is 2.96. The third kappa shape index (κ3) is 2.42. The number of hydrogen-bond donors (Lipinski definition) is 2. The molecule has 0 aromatic heterocycles. The van der Waals surface area contributed by atoms with Crippen LogP contribution in [0.2, 0.25) is 0 Å². The van der Waals surface area contributed by atoms with Gasteiger partial charge < -0.3 is 14.9 Å². The van der Waals surface area contributed by atoms with Crippen molar-refractivity contribution in [3.05, 3.63) is 23.3 Å². The number of carbonyl (C=O) groups excluding carboxylic acids is 1. The highest BCUT2D eigenvalue weighted by Crippen LogP contribution is 2.32. The largest absolute Gasteiger partial charge is 0.504 e. The molecule has 1 aromatic carbocycles. The first-order chi connectivity index (χ1) is 7.60. The van der Waals surface area contributed by atoms with E-state index in [1.165, 1.54) is 12.1 Å². The molecule has 1 aromatic rings. The number of aromatic hydroxyl groups is 2. The number of phenols is 2. The van der Waals surface area contributed by atoms with E-state index in [4.69, 9.17) is 10.00 Å². The van der Waals surface area contributed by atoms with Gasteiger partial charge in [0.1, 0.15) is 6.07 Å². The fourth-order valence-electron chi connectivity index (χ4n) is 1.22. The molecule has 84 valence electrons. The van der Waals surface area contributed by atoms with E-state index < -0.39 is 17.5 Å². The van der Waals surface area contributed by atoms with Crippen molar-refractivity contribution in [3.63, 3.8) is 0 Å². The van der Waals surface area contributed by atoms with E-state index >= 15 is 0 Å². The van der Waals surface area contributed by atoms with Gasteiger partial charge in [0.2, 0.25) is 0 Å². The van der Waals surface area contributed by atoms with Crippen molar-refractivity contribution < 1.29 is 19.7 Å². The van der Waals surface area contributed by atoms with Crippen LogP contribution in [0, 0.1) is 11.3 Å². The molecule has 0 amide bonds. The molecule has 2 N–H and O–H groups in total. The van der Waals surface area contributed by atoms with Crippen molar-refractivity contribution in [3.8, 4) is 17.6 Å². The van der Waals surface area contributed by atoms with E-state index in [1.807, 2.05) is 0 Å². The van der Waals surface area contributed by atoms with E-state index in [0.717, 1.165) is 0 Å². The van der Waals surface area contributed by atoms with Gasteiger partial charge in [-0.05, 0) is 13.0 Å². The molecule has 0 saturated carbocycles. The van der Waals surface area contributed by atoms with Crippen LogP contribution < -0.4 is 0 Å². The van der Waals surface area contributed by atoms with Crippen molar-refractivity contribution in [2.24, 2.45) is 0 Å². The van der Waals surface area contributed by atoms with Crippen LogP contribution in [0.3, 0.4) is 0 Å². The number of phenolic OH excluding ortho intramolecular Hbond substituents is 2. The van der Waals surface area contributed by atoms with Crippen LogP contribution in [-0.4, -0.2) is 22.8 Å². The fraction of sp³-hybridized carbons (Fsp3) is 0.273. The minimum Gasteiger partial charge on any atom is -0.504 e. The lowest BCUT2D eigenvalue weighted by Gasteiger charge is -2.06. The Kier molecular flexibility index (Phi) is 3.72. The summed E-state index contributed by atoms with van der Waals surface area (Å²) in [7, 11) is 0. The van der Waals surface area contributed by atoms with Gasteiger partial charge in [-0.25, -0.2) is 0 Å². The smallest absolute Gasteiger partial charge is 0.310 e. The lowest BCUT2D eigenvalue weighted by molar-refractivity contribution is -0.142. The average Bonchev–Trinajstić information content (AvgIpc) is 2.25. The summed E-state index contributed by atoms with van der Waals surface area (Å²) in [6.07, 6.45) is -0.140. The van der Waals surface area contributed by atoms with E-state index in [-0.39, 0.29) is 24.2 Å². The molecular weight excluding hydrogens is 210 g/mol. The molecular formula is C11H11NO4. The maximum atomic E-state index is 11.2. The number of hydrogen-bond acceptors (Lipinski definition) is 5. The summed E-state index contributed by atoms with van der Waals surface area (Å²) in [6, 6.07) is 4.46. The van der Waals surface area contributed by atoms with Gasteiger partial charge in [0.15, 0.2) is 11.5 Å². The molecule has 0 aliphatic rings.